The van der Waals surface area contributed by atoms with E-state index in [1.165, 1.54) is 19.3 Å². The van der Waals surface area contributed by atoms with Gasteiger partial charge in [-0.2, -0.15) is 0 Å². The zero-order chi connectivity index (χ0) is 15.6. The van der Waals surface area contributed by atoms with Crippen LogP contribution >= 0.6 is 0 Å². The Morgan fingerprint density at radius 2 is 2.29 bits per heavy atom. The second kappa shape index (κ2) is 5.78. The van der Waals surface area contributed by atoms with Gasteiger partial charge in [0.15, 0.2) is 5.82 Å². The summed E-state index contributed by atoms with van der Waals surface area (Å²) in [6.45, 7) is 1.91. The van der Waals surface area contributed by atoms with Gasteiger partial charge in [-0.3, -0.25) is 14.5 Å². The van der Waals surface area contributed by atoms with Gasteiger partial charge in [0, 0.05) is 13.2 Å². The van der Waals surface area contributed by atoms with Crippen molar-refractivity contribution in [2.75, 3.05) is 24.7 Å². The third-order valence-electron chi connectivity index (χ3n) is 3.18. The van der Waals surface area contributed by atoms with Gasteiger partial charge in [0.2, 0.25) is 5.91 Å². The van der Waals surface area contributed by atoms with Crippen molar-refractivity contribution in [1.29, 1.82) is 0 Å². The third-order valence-corrected chi connectivity index (χ3v) is 3.18. The number of rotatable bonds is 4. The number of nitrogens with one attached hydrogen (secondary N) is 1. The van der Waals surface area contributed by atoms with Crippen LogP contribution in [-0.2, 0) is 14.3 Å². The molecule has 0 aromatic carbocycles. The number of aromatic nitrogens is 1. The van der Waals surface area contributed by atoms with Crippen LogP contribution in [0.3, 0.4) is 0 Å². The number of esters is 1. The highest BCUT2D eigenvalue weighted by Gasteiger charge is 2.36. The number of hydrogen-bond acceptors (Lipinski definition) is 7. The summed E-state index contributed by atoms with van der Waals surface area (Å²) in [4.78, 5) is 40.1. The quantitative estimate of drug-likeness (QED) is 0.593. The summed E-state index contributed by atoms with van der Waals surface area (Å²) < 4.78 is 4.89. The fourth-order valence-electron chi connectivity index (χ4n) is 2.01. The molecule has 1 unspecified atom stereocenters. The molecule has 1 aromatic rings. The van der Waals surface area contributed by atoms with Crippen LogP contribution in [0, 0.1) is 0 Å². The van der Waals surface area contributed by atoms with E-state index >= 15 is 0 Å². The maximum Gasteiger partial charge on any atom is 0.340 e. The van der Waals surface area contributed by atoms with Crippen LogP contribution in [0.25, 0.3) is 0 Å². The number of imide groups is 1. The lowest BCUT2D eigenvalue weighted by Crippen LogP contribution is -2.32. The minimum atomic E-state index is -0.727. The number of carbonyl (C=O) groups is 3. The van der Waals surface area contributed by atoms with Gasteiger partial charge in [-0.1, -0.05) is 0 Å². The average Bonchev–Trinajstić information content (AvgIpc) is 2.69. The van der Waals surface area contributed by atoms with Crippen molar-refractivity contribution in [3.63, 3.8) is 0 Å². The second-order valence-electron chi connectivity index (χ2n) is 4.53. The predicted octanol–water partition coefficient (Wildman–Crippen LogP) is 0.00970. The number of ether oxygens (including phenoxy) is 1. The molecular weight excluding hydrogens is 276 g/mol. The minimum Gasteiger partial charge on any atom is -0.462 e. The first kappa shape index (κ1) is 14.8. The highest BCUT2D eigenvalue weighted by Crippen LogP contribution is 2.24. The third kappa shape index (κ3) is 2.78. The zero-order valence-corrected chi connectivity index (χ0v) is 11.8. The van der Waals surface area contributed by atoms with Crippen molar-refractivity contribution in [2.24, 2.45) is 0 Å². The Bertz CT molecular complexity index is 602. The van der Waals surface area contributed by atoms with Crippen LogP contribution in [-0.4, -0.2) is 47.4 Å². The maximum atomic E-state index is 11.8. The van der Waals surface area contributed by atoms with E-state index in [2.05, 4.69) is 10.3 Å². The topological polar surface area (TPSA) is 115 Å². The van der Waals surface area contributed by atoms with Gasteiger partial charge < -0.3 is 15.8 Å². The fourth-order valence-corrected chi connectivity index (χ4v) is 2.01. The molecule has 1 saturated heterocycles. The van der Waals surface area contributed by atoms with E-state index in [1.807, 2.05) is 0 Å². The van der Waals surface area contributed by atoms with Crippen molar-refractivity contribution >= 4 is 29.3 Å². The minimum absolute atomic E-state index is 0.0279. The monoisotopic (exact) mass is 292 g/mol. The maximum absolute atomic E-state index is 11.8. The Kier molecular flexibility index (Phi) is 4.06. The van der Waals surface area contributed by atoms with E-state index in [1.54, 1.807) is 6.92 Å². The number of carbonyl (C=O) groups excluding carboxylic acids is 3. The number of amides is 2. The zero-order valence-electron chi connectivity index (χ0n) is 11.8. The lowest BCUT2D eigenvalue weighted by atomic mass is 10.2. The number of nitrogen functional groups attached to an aromatic ring is 1. The van der Waals surface area contributed by atoms with Gasteiger partial charge in [0.1, 0.15) is 6.04 Å². The summed E-state index contributed by atoms with van der Waals surface area (Å²) in [5.74, 6) is -1.02. The molecular formula is C13H16N4O4. The molecule has 8 heteroatoms. The van der Waals surface area contributed by atoms with Crippen molar-refractivity contribution in [3.8, 4) is 0 Å². The lowest BCUT2D eigenvalue weighted by molar-refractivity contribution is -0.136. The Morgan fingerprint density at radius 1 is 1.57 bits per heavy atom. The molecule has 1 aliphatic heterocycles. The molecule has 1 fully saturated rings. The Hall–Kier alpha value is -2.64. The van der Waals surface area contributed by atoms with Crippen molar-refractivity contribution < 1.29 is 19.1 Å². The number of likely N-dealkylation sites (N-methyl/N-ethyl adjacent to an activating group) is 1. The molecule has 1 aliphatic rings. The van der Waals surface area contributed by atoms with Crippen LogP contribution in [0.5, 0.6) is 0 Å². The Morgan fingerprint density at radius 3 is 2.86 bits per heavy atom. The summed E-state index contributed by atoms with van der Waals surface area (Å²) in [5, 5.41) is 2.80. The van der Waals surface area contributed by atoms with Gasteiger partial charge in [0.25, 0.3) is 5.91 Å². The average molecular weight is 292 g/mol. The fraction of sp³-hybridized carbons (Fsp3) is 0.385. The van der Waals surface area contributed by atoms with E-state index in [0.717, 1.165) is 4.90 Å². The van der Waals surface area contributed by atoms with Crippen LogP contribution in [0.4, 0.5) is 11.5 Å². The summed E-state index contributed by atoms with van der Waals surface area (Å²) >= 11 is 0. The summed E-state index contributed by atoms with van der Waals surface area (Å²) in [6.07, 6.45) is 1.41. The Labute approximate surface area is 121 Å². The van der Waals surface area contributed by atoms with Crippen molar-refractivity contribution in [3.05, 3.63) is 17.8 Å². The molecule has 3 N–H and O–H groups in total. The number of anilines is 2. The van der Waals surface area contributed by atoms with E-state index in [0.29, 0.717) is 0 Å². The molecule has 2 rings (SSSR count). The van der Waals surface area contributed by atoms with E-state index in [-0.39, 0.29) is 41.9 Å². The molecule has 0 radical (unpaired) electrons. The summed E-state index contributed by atoms with van der Waals surface area (Å²) in [7, 11) is 1.41. The first-order valence-electron chi connectivity index (χ1n) is 6.44. The van der Waals surface area contributed by atoms with Crippen LogP contribution in [0.2, 0.25) is 0 Å². The molecule has 0 saturated carbocycles. The summed E-state index contributed by atoms with van der Waals surface area (Å²) in [6, 6.07) is 0.710. The van der Waals surface area contributed by atoms with Gasteiger partial charge in [-0.25, -0.2) is 9.78 Å². The first-order chi connectivity index (χ1) is 9.95. The summed E-state index contributed by atoms with van der Waals surface area (Å²) in [5.41, 5.74) is 6.13. The smallest absolute Gasteiger partial charge is 0.340 e. The van der Waals surface area contributed by atoms with Gasteiger partial charge in [-0.05, 0) is 13.0 Å². The highest BCUT2D eigenvalue weighted by atomic mass is 16.5. The number of nitrogens with two attached hydrogens (primary N) is 1. The Balaban J connectivity index is 2.22. The van der Waals surface area contributed by atoms with E-state index < -0.39 is 12.0 Å². The number of likely N-dealkylation sites (tertiary alicyclic amines) is 1. The van der Waals surface area contributed by atoms with Crippen LogP contribution in [0.15, 0.2) is 12.3 Å². The van der Waals surface area contributed by atoms with E-state index in [9.17, 15) is 14.4 Å². The second-order valence-corrected chi connectivity index (χ2v) is 4.53. The molecule has 2 heterocycles. The van der Waals surface area contributed by atoms with E-state index in [4.69, 9.17) is 10.5 Å². The van der Waals surface area contributed by atoms with Crippen LogP contribution < -0.4 is 11.1 Å². The molecule has 21 heavy (non-hydrogen) atoms. The lowest BCUT2D eigenvalue weighted by Gasteiger charge is -2.14. The molecule has 0 aliphatic carbocycles. The largest absolute Gasteiger partial charge is 0.462 e. The normalized spacial score (nSPS) is 18.0. The van der Waals surface area contributed by atoms with Crippen molar-refractivity contribution in [1.82, 2.24) is 9.88 Å². The van der Waals surface area contributed by atoms with Gasteiger partial charge in [-0.15, -0.1) is 0 Å². The number of pyridine rings is 1. The molecule has 0 spiro atoms. The molecule has 1 aromatic heterocycles. The highest BCUT2D eigenvalue weighted by molar-refractivity contribution is 6.07. The standard InChI is InChI=1S/C13H16N4O4/c1-3-21-13(20)7-4-5-15-11(10(7)14)16-8-6-9(18)17(2)12(8)19/h4-5,8H,3,6,14H2,1-2H3,(H,15,16). The molecule has 0 bridgehead atoms. The molecule has 2 amide bonds. The van der Waals surface area contributed by atoms with Crippen LogP contribution in [0.1, 0.15) is 23.7 Å². The van der Waals surface area contributed by atoms with Gasteiger partial charge >= 0.3 is 5.97 Å². The molecule has 1 atom stereocenters. The number of hydrogen-bond donors (Lipinski definition) is 2. The first-order valence-corrected chi connectivity index (χ1v) is 6.44. The van der Waals surface area contributed by atoms with Gasteiger partial charge in [0.05, 0.1) is 24.3 Å². The SMILES string of the molecule is CCOC(=O)c1ccnc(NC2CC(=O)N(C)C2=O)c1N. The molecule has 8 nitrogen and oxygen atoms in total. The number of nitrogens with zero attached hydrogens (tertiary/aromatic N) is 2. The predicted molar refractivity (Wildman–Crippen MR) is 74.4 cm³/mol. The molecule has 112 valence electrons. The van der Waals surface area contributed by atoms with Crippen molar-refractivity contribution in [2.45, 2.75) is 19.4 Å².